The lowest BCUT2D eigenvalue weighted by Gasteiger charge is -2.29. The molecule has 1 aliphatic heterocycles. The van der Waals surface area contributed by atoms with Gasteiger partial charge in [0, 0.05) is 63.9 Å². The summed E-state index contributed by atoms with van der Waals surface area (Å²) in [4.78, 5) is 5.51. The molecule has 252 valence electrons. The van der Waals surface area contributed by atoms with E-state index in [1.165, 1.54) is 74.3 Å². The molecule has 0 fully saturated rings. The third kappa shape index (κ3) is 4.14. The first-order valence-corrected chi connectivity index (χ1v) is 19.3. The summed E-state index contributed by atoms with van der Waals surface area (Å²) in [5.41, 5.74) is 9.14. The van der Waals surface area contributed by atoms with E-state index in [9.17, 15) is 0 Å². The summed E-state index contributed by atoms with van der Waals surface area (Å²) in [6.45, 7) is 0. The van der Waals surface area contributed by atoms with E-state index < -0.39 is 0 Å². The SMILES string of the molecule is c1ccc(C2=NC(c3ccc(-n4c5ccccc5c5c6c7ccccc7sc6c6ccccc6c54)cc3)Nc3c2c2ccccc2c2ccccc32)cc1. The average molecular weight is 706 g/mol. The Morgan fingerprint density at radius 2 is 1.07 bits per heavy atom. The van der Waals surface area contributed by atoms with Gasteiger partial charge in [-0.1, -0.05) is 152 Å². The Morgan fingerprint density at radius 3 is 1.85 bits per heavy atom. The van der Waals surface area contributed by atoms with E-state index in [2.05, 4.69) is 186 Å². The zero-order valence-electron chi connectivity index (χ0n) is 29.1. The van der Waals surface area contributed by atoms with Gasteiger partial charge in [0.25, 0.3) is 0 Å². The summed E-state index contributed by atoms with van der Waals surface area (Å²) in [5, 5.41) is 16.7. The van der Waals surface area contributed by atoms with Gasteiger partial charge in [-0.15, -0.1) is 11.3 Å². The molecule has 12 rings (SSSR count). The van der Waals surface area contributed by atoms with Crippen LogP contribution in [0.25, 0.3) is 80.0 Å². The standard InChI is InChI=1S/C50H31N3S/c1-2-14-30(15-3-1)46-45-35-18-6-4-16-33(35)34-17-5-7-19-36(34)47(45)52-50(51-46)31-26-28-32(29-27-31)53-41-24-12-10-22-39(41)43-44-40-23-11-13-25-42(40)54-49(44)38-21-9-8-20-37(38)48(43)53/h1-29,50,52H. The first-order chi connectivity index (χ1) is 26.8. The minimum atomic E-state index is -0.262. The fourth-order valence-electron chi connectivity index (χ4n) is 9.07. The Morgan fingerprint density at radius 1 is 0.481 bits per heavy atom. The number of nitrogens with zero attached hydrogens (tertiary/aromatic N) is 2. The third-order valence-electron chi connectivity index (χ3n) is 11.4. The smallest absolute Gasteiger partial charge is 0.145 e. The van der Waals surface area contributed by atoms with Gasteiger partial charge in [0.1, 0.15) is 6.17 Å². The van der Waals surface area contributed by atoms with Crippen molar-refractivity contribution in [2.24, 2.45) is 4.99 Å². The number of aromatic nitrogens is 1. The molecule has 9 aromatic carbocycles. The Balaban J connectivity index is 1.08. The van der Waals surface area contributed by atoms with Crippen LogP contribution in [0, 0.1) is 0 Å². The minimum absolute atomic E-state index is 0.262. The molecule has 4 heteroatoms. The molecule has 1 N–H and O–H groups in total. The van der Waals surface area contributed by atoms with E-state index in [1.54, 1.807) is 0 Å². The van der Waals surface area contributed by atoms with Crippen molar-refractivity contribution in [2.45, 2.75) is 6.17 Å². The van der Waals surface area contributed by atoms with E-state index in [-0.39, 0.29) is 6.17 Å². The maximum absolute atomic E-state index is 5.51. The molecule has 0 saturated heterocycles. The van der Waals surface area contributed by atoms with Gasteiger partial charge in [-0.2, -0.15) is 0 Å². The fourth-order valence-corrected chi connectivity index (χ4v) is 10.3. The second-order valence-corrected chi connectivity index (χ2v) is 15.3. The molecule has 0 spiro atoms. The number of nitrogens with one attached hydrogen (secondary N) is 1. The second kappa shape index (κ2) is 11.4. The lowest BCUT2D eigenvalue weighted by molar-refractivity contribution is 0.830. The van der Waals surface area contributed by atoms with Crippen molar-refractivity contribution in [2.75, 3.05) is 5.32 Å². The molecular formula is C50H31N3S. The lowest BCUT2D eigenvalue weighted by Crippen LogP contribution is -2.21. The number of benzene rings is 9. The van der Waals surface area contributed by atoms with Crippen molar-refractivity contribution in [1.82, 2.24) is 4.57 Å². The predicted octanol–water partition coefficient (Wildman–Crippen LogP) is 13.6. The summed E-state index contributed by atoms with van der Waals surface area (Å²) in [6.07, 6.45) is -0.262. The molecule has 0 saturated carbocycles. The van der Waals surface area contributed by atoms with Crippen LogP contribution in [0.5, 0.6) is 0 Å². The van der Waals surface area contributed by atoms with Gasteiger partial charge in [-0.3, -0.25) is 4.99 Å². The Kier molecular flexibility index (Phi) is 6.27. The van der Waals surface area contributed by atoms with Gasteiger partial charge in [0.05, 0.1) is 22.4 Å². The zero-order valence-corrected chi connectivity index (χ0v) is 29.9. The predicted molar refractivity (Wildman–Crippen MR) is 231 cm³/mol. The van der Waals surface area contributed by atoms with Gasteiger partial charge in [0.2, 0.25) is 0 Å². The van der Waals surface area contributed by atoms with Gasteiger partial charge >= 0.3 is 0 Å². The molecule has 3 heterocycles. The lowest BCUT2D eigenvalue weighted by atomic mass is 9.88. The number of para-hydroxylation sites is 1. The molecule has 3 nitrogen and oxygen atoms in total. The molecule has 0 bridgehead atoms. The Labute approximate surface area is 315 Å². The van der Waals surface area contributed by atoms with Crippen molar-refractivity contribution in [3.63, 3.8) is 0 Å². The number of rotatable bonds is 3. The van der Waals surface area contributed by atoms with Crippen molar-refractivity contribution in [1.29, 1.82) is 0 Å². The highest BCUT2D eigenvalue weighted by molar-refractivity contribution is 7.27. The second-order valence-electron chi connectivity index (χ2n) is 14.2. The van der Waals surface area contributed by atoms with Crippen LogP contribution in [0.15, 0.2) is 181 Å². The maximum atomic E-state index is 5.51. The molecule has 1 atom stereocenters. The molecule has 0 radical (unpaired) electrons. The number of anilines is 1. The van der Waals surface area contributed by atoms with Crippen LogP contribution in [-0.2, 0) is 0 Å². The first-order valence-electron chi connectivity index (χ1n) is 18.5. The Bertz CT molecular complexity index is 3350. The van der Waals surface area contributed by atoms with Crippen molar-refractivity contribution >= 4 is 97.0 Å². The van der Waals surface area contributed by atoms with E-state index in [4.69, 9.17) is 4.99 Å². The van der Waals surface area contributed by atoms with Gasteiger partial charge < -0.3 is 9.88 Å². The summed E-state index contributed by atoms with van der Waals surface area (Å²) in [7, 11) is 0. The van der Waals surface area contributed by atoms with Crippen LogP contribution in [-0.4, -0.2) is 10.3 Å². The average Bonchev–Trinajstić information content (AvgIpc) is 3.81. The molecule has 1 aliphatic rings. The molecule has 11 aromatic rings. The number of hydrogen-bond acceptors (Lipinski definition) is 3. The Hall–Kier alpha value is -6.75. The van der Waals surface area contributed by atoms with Crippen LogP contribution >= 0.6 is 11.3 Å². The van der Waals surface area contributed by atoms with Crippen LogP contribution in [0.2, 0.25) is 0 Å². The number of fused-ring (bicyclic) bond motifs is 16. The monoisotopic (exact) mass is 705 g/mol. The van der Waals surface area contributed by atoms with Crippen molar-refractivity contribution < 1.29 is 0 Å². The number of hydrogen-bond donors (Lipinski definition) is 1. The maximum Gasteiger partial charge on any atom is 0.145 e. The van der Waals surface area contributed by atoms with Gasteiger partial charge in [-0.05, 0) is 46.0 Å². The van der Waals surface area contributed by atoms with E-state index in [0.717, 1.165) is 33.8 Å². The normalized spacial score (nSPS) is 14.4. The summed E-state index contributed by atoms with van der Waals surface area (Å²) >= 11 is 1.90. The van der Waals surface area contributed by atoms with E-state index >= 15 is 0 Å². The highest BCUT2D eigenvalue weighted by Crippen LogP contribution is 2.48. The van der Waals surface area contributed by atoms with E-state index in [1.807, 2.05) is 11.3 Å². The van der Waals surface area contributed by atoms with Gasteiger partial charge in [-0.25, -0.2) is 0 Å². The highest BCUT2D eigenvalue weighted by atomic mass is 32.1. The van der Waals surface area contributed by atoms with Crippen molar-refractivity contribution in [3.05, 3.63) is 193 Å². The largest absolute Gasteiger partial charge is 0.359 e. The quantitative estimate of drug-likeness (QED) is 0.182. The highest BCUT2D eigenvalue weighted by Gasteiger charge is 2.28. The number of aliphatic imine (C=N–C) groups is 1. The molecular weight excluding hydrogens is 675 g/mol. The first kappa shape index (κ1) is 29.8. The molecule has 1 unspecified atom stereocenters. The van der Waals surface area contributed by atoms with Crippen molar-refractivity contribution in [3.8, 4) is 5.69 Å². The topological polar surface area (TPSA) is 29.3 Å². The van der Waals surface area contributed by atoms with Gasteiger partial charge in [0.15, 0.2) is 0 Å². The molecule has 0 amide bonds. The number of thiophene rings is 1. The minimum Gasteiger partial charge on any atom is -0.359 e. The van der Waals surface area contributed by atoms with E-state index in [0.29, 0.717) is 0 Å². The molecule has 0 aliphatic carbocycles. The van der Waals surface area contributed by atoms with Crippen LogP contribution < -0.4 is 5.32 Å². The summed E-state index contributed by atoms with van der Waals surface area (Å²) < 4.78 is 5.16. The van der Waals surface area contributed by atoms with Crippen LogP contribution in [0.1, 0.15) is 22.9 Å². The zero-order chi connectivity index (χ0) is 35.3. The summed E-state index contributed by atoms with van der Waals surface area (Å²) in [6, 6.07) is 63.9. The fraction of sp³-hybridized carbons (Fsp3) is 0.0200. The third-order valence-corrected chi connectivity index (χ3v) is 12.6. The van der Waals surface area contributed by atoms with Crippen LogP contribution in [0.3, 0.4) is 0 Å². The molecule has 54 heavy (non-hydrogen) atoms. The molecule has 2 aromatic heterocycles. The van der Waals surface area contributed by atoms with Crippen LogP contribution in [0.4, 0.5) is 5.69 Å². The summed E-state index contributed by atoms with van der Waals surface area (Å²) in [5.74, 6) is 0.